The Morgan fingerprint density at radius 2 is 2.20 bits per heavy atom. The lowest BCUT2D eigenvalue weighted by atomic mass is 10.2. The van der Waals surface area contributed by atoms with Crippen molar-refractivity contribution >= 4 is 23.2 Å². The Morgan fingerprint density at radius 1 is 1.35 bits per heavy atom. The predicted octanol–water partition coefficient (Wildman–Crippen LogP) is 2.37. The van der Waals surface area contributed by atoms with Crippen LogP contribution in [-0.2, 0) is 17.8 Å². The van der Waals surface area contributed by atoms with Crippen molar-refractivity contribution in [3.05, 3.63) is 45.7 Å². The molecular formula is C13H16Cl2N4O. The van der Waals surface area contributed by atoms with Crippen molar-refractivity contribution in [3.8, 4) is 0 Å². The largest absolute Gasteiger partial charge is 0.383 e. The number of nitrogens with zero attached hydrogens (tertiary/aromatic N) is 3. The molecule has 0 saturated carbocycles. The second kappa shape index (κ2) is 7.59. The Morgan fingerprint density at radius 3 is 2.95 bits per heavy atom. The Labute approximate surface area is 127 Å². The lowest BCUT2D eigenvalue weighted by Crippen LogP contribution is -2.18. The molecule has 108 valence electrons. The average Bonchev–Trinajstić information content (AvgIpc) is 2.86. The van der Waals surface area contributed by atoms with Crippen LogP contribution in [0, 0.1) is 0 Å². The van der Waals surface area contributed by atoms with Crippen LogP contribution in [0.3, 0.4) is 0 Å². The van der Waals surface area contributed by atoms with E-state index in [0.717, 1.165) is 17.8 Å². The Bertz CT molecular complexity index is 559. The normalized spacial score (nSPS) is 10.9. The molecule has 0 spiro atoms. The van der Waals surface area contributed by atoms with Gasteiger partial charge in [-0.3, -0.25) is 0 Å². The van der Waals surface area contributed by atoms with Crippen molar-refractivity contribution in [2.75, 3.05) is 20.3 Å². The fourth-order valence-electron chi connectivity index (χ4n) is 1.71. The van der Waals surface area contributed by atoms with Crippen LogP contribution < -0.4 is 5.32 Å². The average molecular weight is 315 g/mol. The third-order valence-electron chi connectivity index (χ3n) is 2.72. The molecule has 0 aliphatic carbocycles. The number of aromatic nitrogens is 3. The zero-order valence-electron chi connectivity index (χ0n) is 11.1. The van der Waals surface area contributed by atoms with Gasteiger partial charge in [-0.05, 0) is 17.7 Å². The third-order valence-corrected chi connectivity index (χ3v) is 3.31. The molecule has 20 heavy (non-hydrogen) atoms. The highest BCUT2D eigenvalue weighted by Crippen LogP contribution is 2.21. The number of halogens is 2. The highest BCUT2D eigenvalue weighted by molar-refractivity contribution is 6.35. The first-order chi connectivity index (χ1) is 9.69. The first-order valence-corrected chi connectivity index (χ1v) is 6.97. The maximum absolute atomic E-state index is 6.13. The fourth-order valence-corrected chi connectivity index (χ4v) is 2.18. The van der Waals surface area contributed by atoms with E-state index in [4.69, 9.17) is 27.9 Å². The molecule has 1 aromatic carbocycles. The van der Waals surface area contributed by atoms with Gasteiger partial charge >= 0.3 is 0 Å². The van der Waals surface area contributed by atoms with E-state index in [1.165, 1.54) is 0 Å². The molecule has 0 bridgehead atoms. The van der Waals surface area contributed by atoms with E-state index >= 15 is 0 Å². The quantitative estimate of drug-likeness (QED) is 0.797. The molecule has 2 aromatic rings. The number of ether oxygens (including phenoxy) is 1. The van der Waals surface area contributed by atoms with Crippen molar-refractivity contribution < 1.29 is 4.74 Å². The SMILES string of the molecule is COCCNCc1cn(Cc2ccc(Cl)cc2Cl)nn1. The van der Waals surface area contributed by atoms with Gasteiger partial charge in [0.2, 0.25) is 0 Å². The van der Waals surface area contributed by atoms with Crippen LogP contribution in [0.5, 0.6) is 0 Å². The molecule has 1 aromatic heterocycles. The second-order valence-electron chi connectivity index (χ2n) is 4.31. The van der Waals surface area contributed by atoms with Gasteiger partial charge in [0, 0.05) is 30.2 Å². The molecule has 0 aliphatic rings. The van der Waals surface area contributed by atoms with Gasteiger partial charge in [0.15, 0.2) is 0 Å². The van der Waals surface area contributed by atoms with Gasteiger partial charge in [-0.15, -0.1) is 5.10 Å². The van der Waals surface area contributed by atoms with Crippen LogP contribution in [-0.4, -0.2) is 35.3 Å². The van der Waals surface area contributed by atoms with Crippen LogP contribution in [0.15, 0.2) is 24.4 Å². The zero-order valence-corrected chi connectivity index (χ0v) is 12.7. The van der Waals surface area contributed by atoms with Gasteiger partial charge in [-0.25, -0.2) is 4.68 Å². The number of methoxy groups -OCH3 is 1. The minimum Gasteiger partial charge on any atom is -0.383 e. The summed E-state index contributed by atoms with van der Waals surface area (Å²) in [4.78, 5) is 0. The molecule has 5 nitrogen and oxygen atoms in total. The molecule has 0 fully saturated rings. The highest BCUT2D eigenvalue weighted by Gasteiger charge is 2.05. The Hall–Kier alpha value is -1.14. The zero-order chi connectivity index (χ0) is 14.4. The van der Waals surface area contributed by atoms with Gasteiger partial charge in [0.05, 0.1) is 25.0 Å². The maximum Gasteiger partial charge on any atom is 0.0964 e. The molecule has 2 rings (SSSR count). The van der Waals surface area contributed by atoms with E-state index in [9.17, 15) is 0 Å². The van der Waals surface area contributed by atoms with Crippen molar-refractivity contribution in [2.24, 2.45) is 0 Å². The van der Waals surface area contributed by atoms with E-state index in [-0.39, 0.29) is 0 Å². The van der Waals surface area contributed by atoms with E-state index < -0.39 is 0 Å². The molecule has 0 unspecified atom stereocenters. The minimum absolute atomic E-state index is 0.571. The van der Waals surface area contributed by atoms with E-state index in [0.29, 0.717) is 29.7 Å². The molecule has 0 amide bonds. The predicted molar refractivity (Wildman–Crippen MR) is 79.2 cm³/mol. The summed E-state index contributed by atoms with van der Waals surface area (Å²) in [5.74, 6) is 0. The summed E-state index contributed by atoms with van der Waals surface area (Å²) in [6, 6.07) is 5.43. The van der Waals surface area contributed by atoms with Crippen molar-refractivity contribution in [1.29, 1.82) is 0 Å². The summed E-state index contributed by atoms with van der Waals surface area (Å²) in [6.45, 7) is 2.69. The van der Waals surface area contributed by atoms with E-state index in [1.54, 1.807) is 17.9 Å². The molecule has 0 aliphatic heterocycles. The van der Waals surface area contributed by atoms with Crippen LogP contribution in [0.1, 0.15) is 11.3 Å². The van der Waals surface area contributed by atoms with Gasteiger partial charge in [0.1, 0.15) is 0 Å². The summed E-state index contributed by atoms with van der Waals surface area (Å²) in [7, 11) is 1.67. The van der Waals surface area contributed by atoms with Gasteiger partial charge < -0.3 is 10.1 Å². The lowest BCUT2D eigenvalue weighted by Gasteiger charge is -2.04. The van der Waals surface area contributed by atoms with Gasteiger partial charge in [-0.1, -0.05) is 34.5 Å². The molecule has 1 N–H and O–H groups in total. The summed E-state index contributed by atoms with van der Waals surface area (Å²) < 4.78 is 6.71. The minimum atomic E-state index is 0.571. The summed E-state index contributed by atoms with van der Waals surface area (Å²) in [5, 5.41) is 12.6. The van der Waals surface area contributed by atoms with Crippen LogP contribution in [0.2, 0.25) is 10.0 Å². The fraction of sp³-hybridized carbons (Fsp3) is 0.385. The number of benzene rings is 1. The third kappa shape index (κ3) is 4.45. The Balaban J connectivity index is 1.92. The summed E-state index contributed by atoms with van der Waals surface area (Å²) in [6.07, 6.45) is 1.89. The van der Waals surface area contributed by atoms with Crippen molar-refractivity contribution in [2.45, 2.75) is 13.1 Å². The second-order valence-corrected chi connectivity index (χ2v) is 5.16. The first kappa shape index (κ1) is 15.3. The molecule has 1 heterocycles. The number of nitrogens with one attached hydrogen (secondary N) is 1. The molecule has 0 atom stereocenters. The molecule has 7 heteroatoms. The molecule has 0 saturated heterocycles. The van der Waals surface area contributed by atoms with Gasteiger partial charge in [-0.2, -0.15) is 0 Å². The molecule has 0 radical (unpaired) electrons. The lowest BCUT2D eigenvalue weighted by molar-refractivity contribution is 0.199. The topological polar surface area (TPSA) is 52.0 Å². The highest BCUT2D eigenvalue weighted by atomic mass is 35.5. The number of hydrogen-bond acceptors (Lipinski definition) is 4. The number of hydrogen-bond donors (Lipinski definition) is 1. The maximum atomic E-state index is 6.13. The van der Waals surface area contributed by atoms with Gasteiger partial charge in [0.25, 0.3) is 0 Å². The van der Waals surface area contributed by atoms with Crippen LogP contribution >= 0.6 is 23.2 Å². The number of rotatable bonds is 7. The van der Waals surface area contributed by atoms with Crippen molar-refractivity contribution in [1.82, 2.24) is 20.3 Å². The van der Waals surface area contributed by atoms with Crippen molar-refractivity contribution in [3.63, 3.8) is 0 Å². The molecular weight excluding hydrogens is 299 g/mol. The van der Waals surface area contributed by atoms with E-state index in [2.05, 4.69) is 15.6 Å². The summed E-state index contributed by atoms with van der Waals surface area (Å²) in [5.41, 5.74) is 1.84. The first-order valence-electron chi connectivity index (χ1n) is 6.21. The van der Waals surface area contributed by atoms with E-state index in [1.807, 2.05) is 18.3 Å². The van der Waals surface area contributed by atoms with Crippen LogP contribution in [0.4, 0.5) is 0 Å². The van der Waals surface area contributed by atoms with Crippen LogP contribution in [0.25, 0.3) is 0 Å². The Kier molecular flexibility index (Phi) is 5.79. The monoisotopic (exact) mass is 314 g/mol. The smallest absolute Gasteiger partial charge is 0.0964 e. The standard InChI is InChI=1S/C13H16Cl2N4O/c1-20-5-4-16-7-12-9-19(18-17-12)8-10-2-3-11(14)6-13(10)15/h2-3,6,9,16H,4-5,7-8H2,1H3. The summed E-state index contributed by atoms with van der Waals surface area (Å²) >= 11 is 12.0.